The summed E-state index contributed by atoms with van der Waals surface area (Å²) in [6.45, 7) is 4.78. The van der Waals surface area contributed by atoms with Crippen LogP contribution in [0.4, 0.5) is 4.39 Å². The molecule has 2 aromatic carbocycles. The first kappa shape index (κ1) is 22.0. The van der Waals surface area contributed by atoms with Gasteiger partial charge in [-0.2, -0.15) is 0 Å². The van der Waals surface area contributed by atoms with E-state index in [4.69, 9.17) is 4.74 Å². The minimum absolute atomic E-state index is 0.0286. The van der Waals surface area contributed by atoms with Gasteiger partial charge in [0.15, 0.2) is 5.60 Å². The average Bonchev–Trinajstić information content (AvgIpc) is 2.74. The number of rotatable bonds is 5. The lowest BCUT2D eigenvalue weighted by Crippen LogP contribution is -2.62. The summed E-state index contributed by atoms with van der Waals surface area (Å²) in [7, 11) is 3.41. The highest BCUT2D eigenvalue weighted by Gasteiger charge is 2.46. The number of morpholine rings is 1. The van der Waals surface area contributed by atoms with Crippen molar-refractivity contribution in [2.24, 2.45) is 5.92 Å². The number of carbonyl (C=O) groups is 2. The Kier molecular flexibility index (Phi) is 6.56. The summed E-state index contributed by atoms with van der Waals surface area (Å²) in [5.41, 5.74) is 1.72. The van der Waals surface area contributed by atoms with Crippen molar-refractivity contribution in [2.45, 2.75) is 25.9 Å². The lowest BCUT2D eigenvalue weighted by atomic mass is 9.89. The van der Waals surface area contributed by atoms with E-state index in [1.165, 1.54) is 17.0 Å². The first-order chi connectivity index (χ1) is 14.2. The Labute approximate surface area is 177 Å². The summed E-state index contributed by atoms with van der Waals surface area (Å²) < 4.78 is 19.2. The molecule has 1 aliphatic rings. The molecule has 1 heterocycles. The Morgan fingerprint density at radius 2 is 1.63 bits per heavy atom. The zero-order valence-electron chi connectivity index (χ0n) is 18.0. The lowest BCUT2D eigenvalue weighted by molar-refractivity contribution is -0.173. The van der Waals surface area contributed by atoms with E-state index in [1.807, 2.05) is 38.1 Å². The molecule has 2 aromatic rings. The minimum atomic E-state index is -1.11. The van der Waals surface area contributed by atoms with Crippen LogP contribution in [-0.4, -0.2) is 61.0 Å². The molecule has 0 bridgehead atoms. The van der Waals surface area contributed by atoms with Crippen LogP contribution in [0.15, 0.2) is 48.5 Å². The fraction of sp³-hybridized carbons (Fsp3) is 0.417. The molecule has 0 spiro atoms. The molecule has 0 unspecified atom stereocenters. The number of benzene rings is 2. The molecule has 5 nitrogen and oxygen atoms in total. The maximum Gasteiger partial charge on any atom is 0.256 e. The fourth-order valence-electron chi connectivity index (χ4n) is 3.84. The molecule has 1 fully saturated rings. The SMILES string of the molecule is CC(C)C(=O)N1CCO[C@@](Cc2ccc(-c3ccc(F)cc3)cc2)(C(=O)N(C)C)C1. The van der Waals surface area contributed by atoms with Crippen molar-refractivity contribution in [2.75, 3.05) is 33.8 Å². The summed E-state index contributed by atoms with van der Waals surface area (Å²) >= 11 is 0. The van der Waals surface area contributed by atoms with Crippen molar-refractivity contribution in [1.82, 2.24) is 9.80 Å². The van der Waals surface area contributed by atoms with Crippen LogP contribution >= 0.6 is 0 Å². The number of likely N-dealkylation sites (N-methyl/N-ethyl adjacent to an activating group) is 1. The second kappa shape index (κ2) is 8.96. The topological polar surface area (TPSA) is 49.9 Å². The Bertz CT molecular complexity index is 894. The molecule has 160 valence electrons. The van der Waals surface area contributed by atoms with Crippen molar-refractivity contribution in [3.8, 4) is 11.1 Å². The quantitative estimate of drug-likeness (QED) is 0.757. The Hall–Kier alpha value is -2.73. The van der Waals surface area contributed by atoms with E-state index in [0.717, 1.165) is 16.7 Å². The van der Waals surface area contributed by atoms with Gasteiger partial charge in [-0.05, 0) is 28.8 Å². The van der Waals surface area contributed by atoms with Crippen LogP contribution in [0.1, 0.15) is 19.4 Å². The summed E-state index contributed by atoms with van der Waals surface area (Å²) in [4.78, 5) is 28.9. The van der Waals surface area contributed by atoms with Crippen LogP contribution in [0.25, 0.3) is 11.1 Å². The molecule has 0 N–H and O–H groups in total. The van der Waals surface area contributed by atoms with Crippen LogP contribution in [0, 0.1) is 11.7 Å². The maximum absolute atomic E-state index is 13.2. The predicted molar refractivity (Wildman–Crippen MR) is 114 cm³/mol. The molecular weight excluding hydrogens is 383 g/mol. The van der Waals surface area contributed by atoms with Gasteiger partial charge in [0.1, 0.15) is 5.82 Å². The van der Waals surface area contributed by atoms with E-state index >= 15 is 0 Å². The lowest BCUT2D eigenvalue weighted by Gasteiger charge is -2.43. The zero-order chi connectivity index (χ0) is 21.9. The molecule has 1 saturated heterocycles. The predicted octanol–water partition coefficient (Wildman–Crippen LogP) is 3.38. The highest BCUT2D eigenvalue weighted by Crippen LogP contribution is 2.28. The Morgan fingerprint density at radius 3 is 2.17 bits per heavy atom. The van der Waals surface area contributed by atoms with E-state index in [-0.39, 0.29) is 30.1 Å². The third kappa shape index (κ3) is 4.70. The summed E-state index contributed by atoms with van der Waals surface area (Å²) in [6, 6.07) is 14.2. The molecular formula is C24H29FN2O3. The highest BCUT2D eigenvalue weighted by molar-refractivity contribution is 5.87. The highest BCUT2D eigenvalue weighted by atomic mass is 19.1. The Morgan fingerprint density at radius 1 is 1.07 bits per heavy atom. The standard InChI is InChI=1S/C24H29FN2O3/c1-17(2)22(28)27-13-14-30-24(16-27,23(29)26(3)4)15-18-5-7-19(8-6-18)20-9-11-21(25)12-10-20/h5-12,17H,13-16H2,1-4H3/t24-/m1/s1. The van der Waals surface area contributed by atoms with Gasteiger partial charge in [0.05, 0.1) is 13.2 Å². The number of ether oxygens (including phenoxy) is 1. The van der Waals surface area contributed by atoms with Gasteiger partial charge >= 0.3 is 0 Å². The van der Waals surface area contributed by atoms with Crippen LogP contribution in [0.3, 0.4) is 0 Å². The monoisotopic (exact) mass is 412 g/mol. The van der Waals surface area contributed by atoms with Gasteiger partial charge in [-0.1, -0.05) is 50.2 Å². The van der Waals surface area contributed by atoms with E-state index in [2.05, 4.69) is 0 Å². The molecule has 30 heavy (non-hydrogen) atoms. The van der Waals surface area contributed by atoms with Crippen molar-refractivity contribution in [3.63, 3.8) is 0 Å². The summed E-state index contributed by atoms with van der Waals surface area (Å²) in [6.07, 6.45) is 0.371. The third-order valence-corrected chi connectivity index (χ3v) is 5.41. The number of amides is 2. The van der Waals surface area contributed by atoms with Crippen molar-refractivity contribution in [3.05, 3.63) is 59.9 Å². The molecule has 0 aromatic heterocycles. The van der Waals surface area contributed by atoms with Crippen molar-refractivity contribution >= 4 is 11.8 Å². The van der Waals surface area contributed by atoms with Crippen LogP contribution in [0.5, 0.6) is 0 Å². The number of halogens is 1. The van der Waals surface area contributed by atoms with Crippen LogP contribution in [0.2, 0.25) is 0 Å². The zero-order valence-corrected chi connectivity index (χ0v) is 18.0. The molecule has 6 heteroatoms. The van der Waals surface area contributed by atoms with E-state index < -0.39 is 5.60 Å². The first-order valence-corrected chi connectivity index (χ1v) is 10.2. The number of hydrogen-bond donors (Lipinski definition) is 0. The number of carbonyl (C=O) groups excluding carboxylic acids is 2. The largest absolute Gasteiger partial charge is 0.361 e. The maximum atomic E-state index is 13.2. The molecule has 0 saturated carbocycles. The molecule has 2 amide bonds. The number of hydrogen-bond acceptors (Lipinski definition) is 3. The van der Waals surface area contributed by atoms with Gasteiger partial charge in [-0.15, -0.1) is 0 Å². The Balaban J connectivity index is 1.85. The second-order valence-corrected chi connectivity index (χ2v) is 8.34. The first-order valence-electron chi connectivity index (χ1n) is 10.2. The number of nitrogens with zero attached hydrogens (tertiary/aromatic N) is 2. The second-order valence-electron chi connectivity index (χ2n) is 8.34. The summed E-state index contributed by atoms with van der Waals surface area (Å²) in [5.74, 6) is -0.521. The average molecular weight is 413 g/mol. The van der Waals surface area contributed by atoms with Gasteiger partial charge in [0.25, 0.3) is 5.91 Å². The van der Waals surface area contributed by atoms with Gasteiger partial charge < -0.3 is 14.5 Å². The van der Waals surface area contributed by atoms with Crippen molar-refractivity contribution < 1.29 is 18.7 Å². The van der Waals surface area contributed by atoms with Crippen LogP contribution in [-0.2, 0) is 20.7 Å². The fourth-order valence-corrected chi connectivity index (χ4v) is 3.84. The van der Waals surface area contributed by atoms with Gasteiger partial charge in [0.2, 0.25) is 5.91 Å². The van der Waals surface area contributed by atoms with Crippen molar-refractivity contribution in [1.29, 1.82) is 0 Å². The van der Waals surface area contributed by atoms with Gasteiger partial charge in [0, 0.05) is 33.0 Å². The van der Waals surface area contributed by atoms with Crippen LogP contribution < -0.4 is 0 Å². The normalized spacial score (nSPS) is 19.1. The molecule has 1 aliphatic heterocycles. The molecule has 0 aliphatic carbocycles. The van der Waals surface area contributed by atoms with E-state index in [9.17, 15) is 14.0 Å². The van der Waals surface area contributed by atoms with E-state index in [0.29, 0.717) is 19.6 Å². The van der Waals surface area contributed by atoms with Gasteiger partial charge in [-0.3, -0.25) is 9.59 Å². The van der Waals surface area contributed by atoms with Gasteiger partial charge in [-0.25, -0.2) is 4.39 Å². The minimum Gasteiger partial charge on any atom is -0.361 e. The molecule has 3 rings (SSSR count). The summed E-state index contributed by atoms with van der Waals surface area (Å²) in [5, 5.41) is 0. The molecule has 1 atom stereocenters. The smallest absolute Gasteiger partial charge is 0.256 e. The third-order valence-electron chi connectivity index (χ3n) is 5.41. The molecule has 0 radical (unpaired) electrons. The van der Waals surface area contributed by atoms with E-state index in [1.54, 1.807) is 31.1 Å².